The lowest BCUT2D eigenvalue weighted by atomic mass is 10.2. The molecule has 0 saturated carbocycles. The number of H-pyrrole nitrogens is 1. The van der Waals surface area contributed by atoms with E-state index in [9.17, 15) is 0 Å². The number of hydrogen-bond acceptors (Lipinski definition) is 6. The molecule has 7 heteroatoms. The van der Waals surface area contributed by atoms with Crippen LogP contribution >= 0.6 is 11.8 Å². The van der Waals surface area contributed by atoms with Crippen molar-refractivity contribution in [3.63, 3.8) is 0 Å². The van der Waals surface area contributed by atoms with Crippen LogP contribution in [0.1, 0.15) is 18.1 Å². The fraction of sp³-hybridized carbons (Fsp3) is 0.167. The van der Waals surface area contributed by atoms with Crippen LogP contribution in [0.5, 0.6) is 5.75 Å². The molecule has 0 spiro atoms. The molecule has 1 atom stereocenters. The number of rotatable bonds is 5. The van der Waals surface area contributed by atoms with E-state index in [0.29, 0.717) is 11.8 Å². The lowest BCUT2D eigenvalue weighted by Crippen LogP contribution is -1.89. The summed E-state index contributed by atoms with van der Waals surface area (Å²) in [4.78, 5) is 7.87. The summed E-state index contributed by atoms with van der Waals surface area (Å²) in [6.07, 6.45) is 0. The maximum absolute atomic E-state index is 5.81. The van der Waals surface area contributed by atoms with Gasteiger partial charge in [0.2, 0.25) is 11.8 Å². The third-order valence-electron chi connectivity index (χ3n) is 3.76. The van der Waals surface area contributed by atoms with Crippen molar-refractivity contribution in [3.8, 4) is 17.2 Å². The molecule has 2 heterocycles. The second-order valence-electron chi connectivity index (χ2n) is 5.50. The van der Waals surface area contributed by atoms with Gasteiger partial charge in [0.15, 0.2) is 5.16 Å². The van der Waals surface area contributed by atoms with Crippen molar-refractivity contribution in [2.45, 2.75) is 17.3 Å². The van der Waals surface area contributed by atoms with E-state index in [4.69, 9.17) is 9.15 Å². The quantitative estimate of drug-likeness (QED) is 0.534. The van der Waals surface area contributed by atoms with Gasteiger partial charge in [-0.25, -0.2) is 4.98 Å². The largest absolute Gasteiger partial charge is 0.497 e. The number of imidazole rings is 1. The number of thioether (sulfide) groups is 1. The van der Waals surface area contributed by atoms with Gasteiger partial charge in [0.1, 0.15) is 5.75 Å². The Morgan fingerprint density at radius 1 is 1.12 bits per heavy atom. The monoisotopic (exact) mass is 352 g/mol. The van der Waals surface area contributed by atoms with Gasteiger partial charge in [-0.15, -0.1) is 10.2 Å². The molecule has 0 radical (unpaired) electrons. The maximum atomic E-state index is 5.81. The van der Waals surface area contributed by atoms with E-state index in [0.717, 1.165) is 27.5 Å². The Balaban J connectivity index is 1.54. The zero-order valence-electron chi connectivity index (χ0n) is 13.8. The van der Waals surface area contributed by atoms with E-state index in [2.05, 4.69) is 20.2 Å². The molecule has 0 fully saturated rings. The summed E-state index contributed by atoms with van der Waals surface area (Å²) >= 11 is 1.54. The molecule has 2 aromatic heterocycles. The van der Waals surface area contributed by atoms with E-state index >= 15 is 0 Å². The zero-order valence-corrected chi connectivity index (χ0v) is 14.6. The van der Waals surface area contributed by atoms with Crippen LogP contribution in [-0.2, 0) is 0 Å². The highest BCUT2D eigenvalue weighted by atomic mass is 32.2. The molecule has 4 rings (SSSR count). The van der Waals surface area contributed by atoms with Gasteiger partial charge >= 0.3 is 0 Å². The Kier molecular flexibility index (Phi) is 4.15. The number of fused-ring (bicyclic) bond motifs is 1. The van der Waals surface area contributed by atoms with E-state index < -0.39 is 0 Å². The summed E-state index contributed by atoms with van der Waals surface area (Å²) in [5.41, 5.74) is 2.74. The van der Waals surface area contributed by atoms with Crippen molar-refractivity contribution in [3.05, 3.63) is 54.4 Å². The molecule has 0 bridgehead atoms. The van der Waals surface area contributed by atoms with E-state index in [1.54, 1.807) is 18.9 Å². The van der Waals surface area contributed by atoms with Crippen LogP contribution in [-0.4, -0.2) is 27.3 Å². The summed E-state index contributed by atoms with van der Waals surface area (Å²) < 4.78 is 11.0. The molecule has 25 heavy (non-hydrogen) atoms. The molecular formula is C18H16N4O2S. The first-order valence-corrected chi connectivity index (χ1v) is 8.70. The van der Waals surface area contributed by atoms with Crippen LogP contribution in [0.4, 0.5) is 0 Å². The van der Waals surface area contributed by atoms with Crippen LogP contribution < -0.4 is 4.74 Å². The minimum absolute atomic E-state index is 0.0209. The summed E-state index contributed by atoms with van der Waals surface area (Å²) in [6, 6.07) is 15.5. The molecule has 0 aliphatic heterocycles. The highest BCUT2D eigenvalue weighted by Crippen LogP contribution is 2.34. The number of hydrogen-bond donors (Lipinski definition) is 1. The third kappa shape index (κ3) is 3.23. The van der Waals surface area contributed by atoms with E-state index in [1.165, 1.54) is 0 Å². The predicted molar refractivity (Wildman–Crippen MR) is 96.7 cm³/mol. The molecule has 0 amide bonds. The number of nitrogens with zero attached hydrogens (tertiary/aromatic N) is 3. The summed E-state index contributed by atoms with van der Waals surface area (Å²) in [5, 5.41) is 9.09. The van der Waals surface area contributed by atoms with Crippen molar-refractivity contribution >= 4 is 22.8 Å². The number of aromatic nitrogens is 4. The normalized spacial score (nSPS) is 12.4. The average molecular weight is 352 g/mol. The minimum Gasteiger partial charge on any atom is -0.497 e. The fourth-order valence-corrected chi connectivity index (χ4v) is 3.31. The van der Waals surface area contributed by atoms with Gasteiger partial charge in [0.25, 0.3) is 0 Å². The predicted octanol–water partition coefficient (Wildman–Crippen LogP) is 4.47. The molecular weight excluding hydrogens is 336 g/mol. The molecule has 0 unspecified atom stereocenters. The van der Waals surface area contributed by atoms with Gasteiger partial charge in [-0.1, -0.05) is 30.0 Å². The lowest BCUT2D eigenvalue weighted by Gasteiger charge is -2.02. The number of aromatic amines is 1. The van der Waals surface area contributed by atoms with E-state index in [-0.39, 0.29) is 5.25 Å². The van der Waals surface area contributed by atoms with Crippen molar-refractivity contribution in [1.82, 2.24) is 20.2 Å². The lowest BCUT2D eigenvalue weighted by molar-refractivity contribution is 0.415. The number of ether oxygens (including phenoxy) is 1. The molecule has 0 saturated heterocycles. The molecule has 2 aromatic carbocycles. The van der Waals surface area contributed by atoms with Crippen LogP contribution in [0.15, 0.2) is 58.1 Å². The maximum Gasteiger partial charge on any atom is 0.247 e. The topological polar surface area (TPSA) is 76.8 Å². The highest BCUT2D eigenvalue weighted by molar-refractivity contribution is 7.99. The summed E-state index contributed by atoms with van der Waals surface area (Å²) in [5.74, 6) is 1.89. The first-order valence-electron chi connectivity index (χ1n) is 7.82. The average Bonchev–Trinajstić information content (AvgIpc) is 3.28. The number of methoxy groups -OCH3 is 1. The number of nitrogens with one attached hydrogen (secondary N) is 1. The van der Waals surface area contributed by atoms with Gasteiger partial charge in [0.05, 0.1) is 23.4 Å². The third-order valence-corrected chi connectivity index (χ3v) is 4.74. The Morgan fingerprint density at radius 2 is 1.96 bits per heavy atom. The van der Waals surface area contributed by atoms with Gasteiger partial charge in [-0.2, -0.15) is 0 Å². The molecule has 0 aliphatic rings. The second-order valence-corrected chi connectivity index (χ2v) is 6.83. The van der Waals surface area contributed by atoms with Gasteiger partial charge in [0, 0.05) is 11.6 Å². The number of benzene rings is 2. The summed E-state index contributed by atoms with van der Waals surface area (Å²) in [6.45, 7) is 2.01. The van der Waals surface area contributed by atoms with Crippen LogP contribution in [0, 0.1) is 0 Å². The molecule has 1 N–H and O–H groups in total. The standard InChI is InChI=1S/C18H16N4O2S/c1-11(16-21-22-17(24-16)12-6-4-3-5-7-12)25-18-19-14-9-8-13(23-2)10-15(14)20-18/h3-11H,1-2H3,(H,19,20)/t11-/m0/s1. The van der Waals surface area contributed by atoms with Gasteiger partial charge in [-0.05, 0) is 31.2 Å². The van der Waals surface area contributed by atoms with Crippen LogP contribution in [0.3, 0.4) is 0 Å². The van der Waals surface area contributed by atoms with Crippen molar-refractivity contribution in [2.24, 2.45) is 0 Å². The Morgan fingerprint density at radius 3 is 2.76 bits per heavy atom. The fourth-order valence-electron chi connectivity index (χ4n) is 2.46. The summed E-state index contributed by atoms with van der Waals surface area (Å²) in [7, 11) is 1.65. The molecule has 0 aliphatic carbocycles. The molecule has 6 nitrogen and oxygen atoms in total. The van der Waals surface area contributed by atoms with Gasteiger partial charge in [-0.3, -0.25) is 0 Å². The van der Waals surface area contributed by atoms with Crippen molar-refractivity contribution < 1.29 is 9.15 Å². The van der Waals surface area contributed by atoms with E-state index in [1.807, 2.05) is 55.5 Å². The highest BCUT2D eigenvalue weighted by Gasteiger charge is 2.18. The van der Waals surface area contributed by atoms with Crippen LogP contribution in [0.2, 0.25) is 0 Å². The first-order chi connectivity index (χ1) is 12.2. The molecule has 126 valence electrons. The Hall–Kier alpha value is -2.80. The van der Waals surface area contributed by atoms with Gasteiger partial charge < -0.3 is 14.1 Å². The molecule has 4 aromatic rings. The minimum atomic E-state index is -0.0209. The smallest absolute Gasteiger partial charge is 0.247 e. The SMILES string of the molecule is COc1ccc2nc(S[C@@H](C)c3nnc(-c4ccccc4)o3)[nH]c2c1. The van der Waals surface area contributed by atoms with Crippen LogP contribution in [0.25, 0.3) is 22.5 Å². The zero-order chi connectivity index (χ0) is 17.2. The van der Waals surface area contributed by atoms with Crippen molar-refractivity contribution in [2.75, 3.05) is 7.11 Å². The second kappa shape index (κ2) is 6.60. The Bertz CT molecular complexity index is 997. The Labute approximate surface area is 148 Å². The first kappa shape index (κ1) is 15.7. The van der Waals surface area contributed by atoms with Crippen molar-refractivity contribution in [1.29, 1.82) is 0 Å².